The lowest BCUT2D eigenvalue weighted by atomic mass is 10.1. The molecule has 0 aliphatic rings. The van der Waals surface area contributed by atoms with Crippen LogP contribution in [0.25, 0.3) is 0 Å². The number of halogens is 2. The highest BCUT2D eigenvalue weighted by Crippen LogP contribution is 2.11. The lowest BCUT2D eigenvalue weighted by Crippen LogP contribution is -2.14. The molecule has 0 heterocycles. The summed E-state index contributed by atoms with van der Waals surface area (Å²) in [5.41, 5.74) is 1.44. The number of hydrogen-bond donors (Lipinski definition) is 1. The molecule has 0 bridgehead atoms. The van der Waals surface area contributed by atoms with Crippen molar-refractivity contribution in [2.45, 2.75) is 6.42 Å². The minimum Gasteiger partial charge on any atom is -0.382 e. The highest BCUT2D eigenvalue weighted by atomic mass is 32.1. The quantitative estimate of drug-likeness (QED) is 0.591. The van der Waals surface area contributed by atoms with Gasteiger partial charge in [0.2, 0.25) is 0 Å². The first kappa shape index (κ1) is 10.1. The van der Waals surface area contributed by atoms with Crippen molar-refractivity contribution >= 4 is 17.7 Å². The highest BCUT2D eigenvalue weighted by Gasteiger charge is 2.06. The van der Waals surface area contributed by atoms with Crippen LogP contribution in [0.1, 0.15) is 5.56 Å². The van der Waals surface area contributed by atoms with E-state index in [0.717, 1.165) is 0 Å². The molecule has 0 spiro atoms. The van der Waals surface area contributed by atoms with Crippen molar-refractivity contribution in [1.82, 2.24) is 5.32 Å². The maximum atomic E-state index is 13.0. The Labute approximate surface area is 80.8 Å². The Morgan fingerprint density at radius 1 is 1.31 bits per heavy atom. The van der Waals surface area contributed by atoms with E-state index in [-0.39, 0.29) is 5.56 Å². The van der Waals surface area contributed by atoms with Crippen LogP contribution in [0.2, 0.25) is 0 Å². The second-order valence-electron chi connectivity index (χ2n) is 2.52. The predicted octanol–water partition coefficient (Wildman–Crippen LogP) is 2.05. The van der Waals surface area contributed by atoms with Crippen LogP contribution in [-0.2, 0) is 6.42 Å². The van der Waals surface area contributed by atoms with Gasteiger partial charge in [-0.25, -0.2) is 8.78 Å². The van der Waals surface area contributed by atoms with Crippen LogP contribution in [0, 0.1) is 11.6 Å². The van der Waals surface area contributed by atoms with Crippen LogP contribution in [0.4, 0.5) is 8.78 Å². The maximum absolute atomic E-state index is 13.0. The standard InChI is InChI=1S/C9H9F2NS/c10-8-2-1-3-9(11)7(8)4-5-12-6-13/h1-3,6H,4-5H2,(H,12,13). The fourth-order valence-corrected chi connectivity index (χ4v) is 1.15. The van der Waals surface area contributed by atoms with Crippen LogP contribution in [0.5, 0.6) is 0 Å². The third-order valence-electron chi connectivity index (χ3n) is 1.66. The maximum Gasteiger partial charge on any atom is 0.129 e. The van der Waals surface area contributed by atoms with E-state index < -0.39 is 11.6 Å². The normalized spacial score (nSPS) is 9.69. The molecule has 0 unspecified atom stereocenters. The smallest absolute Gasteiger partial charge is 0.129 e. The van der Waals surface area contributed by atoms with Crippen LogP contribution in [0.15, 0.2) is 18.2 Å². The molecular weight excluding hydrogens is 192 g/mol. The van der Waals surface area contributed by atoms with Crippen molar-refractivity contribution in [2.75, 3.05) is 6.54 Å². The van der Waals surface area contributed by atoms with Crippen molar-refractivity contribution in [2.24, 2.45) is 0 Å². The van der Waals surface area contributed by atoms with Gasteiger partial charge in [0.1, 0.15) is 11.6 Å². The summed E-state index contributed by atoms with van der Waals surface area (Å²) < 4.78 is 25.9. The predicted molar refractivity (Wildman–Crippen MR) is 51.7 cm³/mol. The average molecular weight is 201 g/mol. The summed E-state index contributed by atoms with van der Waals surface area (Å²) in [7, 11) is 0. The number of nitrogens with one attached hydrogen (secondary N) is 1. The molecular formula is C9H9F2NS. The molecule has 13 heavy (non-hydrogen) atoms. The van der Waals surface area contributed by atoms with Crippen LogP contribution in [-0.4, -0.2) is 12.0 Å². The van der Waals surface area contributed by atoms with Crippen LogP contribution < -0.4 is 5.32 Å². The molecule has 0 fully saturated rings. The van der Waals surface area contributed by atoms with E-state index in [1.54, 1.807) is 0 Å². The largest absolute Gasteiger partial charge is 0.382 e. The number of benzene rings is 1. The van der Waals surface area contributed by atoms with Crippen molar-refractivity contribution < 1.29 is 8.78 Å². The second-order valence-corrected chi connectivity index (χ2v) is 2.76. The van der Waals surface area contributed by atoms with E-state index >= 15 is 0 Å². The summed E-state index contributed by atoms with van der Waals surface area (Å²) in [6, 6.07) is 3.84. The first-order chi connectivity index (χ1) is 6.25. The Balaban J connectivity index is 2.69. The Kier molecular flexibility index (Phi) is 3.76. The van der Waals surface area contributed by atoms with Gasteiger partial charge in [-0.3, -0.25) is 0 Å². The van der Waals surface area contributed by atoms with Crippen LogP contribution in [0.3, 0.4) is 0 Å². The van der Waals surface area contributed by atoms with Gasteiger partial charge in [0.05, 0.1) is 5.49 Å². The Morgan fingerprint density at radius 2 is 1.92 bits per heavy atom. The summed E-state index contributed by atoms with van der Waals surface area (Å²) in [5, 5.41) is 2.71. The molecule has 0 amide bonds. The molecule has 0 atom stereocenters. The lowest BCUT2D eigenvalue weighted by molar-refractivity contribution is 0.554. The Morgan fingerprint density at radius 3 is 2.46 bits per heavy atom. The summed E-state index contributed by atoms with van der Waals surface area (Å²) in [5.74, 6) is -1.02. The summed E-state index contributed by atoms with van der Waals surface area (Å²) in [4.78, 5) is 0. The summed E-state index contributed by atoms with van der Waals surface area (Å²) >= 11 is 4.51. The molecule has 0 saturated carbocycles. The van der Waals surface area contributed by atoms with Gasteiger partial charge in [0.25, 0.3) is 0 Å². The molecule has 0 aliphatic carbocycles. The SMILES string of the molecule is Fc1cccc(F)c1CCNC=S. The van der Waals surface area contributed by atoms with Gasteiger partial charge in [0.15, 0.2) is 0 Å². The monoisotopic (exact) mass is 201 g/mol. The number of thiocarbonyl (C=S) groups is 1. The van der Waals surface area contributed by atoms with Crippen molar-refractivity contribution in [3.63, 3.8) is 0 Å². The van der Waals surface area contributed by atoms with E-state index in [0.29, 0.717) is 13.0 Å². The zero-order valence-corrected chi connectivity index (χ0v) is 7.70. The fourth-order valence-electron chi connectivity index (χ4n) is 1.03. The molecule has 4 heteroatoms. The van der Waals surface area contributed by atoms with E-state index in [1.807, 2.05) is 0 Å². The highest BCUT2D eigenvalue weighted by molar-refractivity contribution is 7.78. The molecule has 0 radical (unpaired) electrons. The Bertz CT molecular complexity index is 281. The third-order valence-corrected chi connectivity index (χ3v) is 1.83. The molecule has 1 N–H and O–H groups in total. The first-order valence-corrected chi connectivity index (χ1v) is 4.32. The second kappa shape index (κ2) is 4.87. The molecule has 0 saturated heterocycles. The molecule has 70 valence electrons. The first-order valence-electron chi connectivity index (χ1n) is 3.85. The zero-order valence-electron chi connectivity index (χ0n) is 6.89. The minimum absolute atomic E-state index is 0.104. The third kappa shape index (κ3) is 2.73. The van der Waals surface area contributed by atoms with Gasteiger partial charge in [-0.1, -0.05) is 18.3 Å². The van der Waals surface area contributed by atoms with Crippen LogP contribution >= 0.6 is 12.2 Å². The number of rotatable bonds is 4. The minimum atomic E-state index is -0.508. The Hall–Kier alpha value is -1.03. The van der Waals surface area contributed by atoms with E-state index in [9.17, 15) is 8.78 Å². The summed E-state index contributed by atoms with van der Waals surface area (Å²) in [6.07, 6.45) is 0.297. The van der Waals surface area contributed by atoms with E-state index in [4.69, 9.17) is 0 Å². The van der Waals surface area contributed by atoms with Crippen molar-refractivity contribution in [1.29, 1.82) is 0 Å². The van der Waals surface area contributed by atoms with Gasteiger partial charge in [-0.2, -0.15) is 0 Å². The zero-order chi connectivity index (χ0) is 9.68. The molecule has 1 nitrogen and oxygen atoms in total. The van der Waals surface area contributed by atoms with Crippen molar-refractivity contribution in [3.8, 4) is 0 Å². The molecule has 1 aromatic carbocycles. The van der Waals surface area contributed by atoms with Gasteiger partial charge in [0, 0.05) is 12.1 Å². The van der Waals surface area contributed by atoms with Crippen molar-refractivity contribution in [3.05, 3.63) is 35.4 Å². The van der Waals surface area contributed by atoms with Gasteiger partial charge in [-0.15, -0.1) is 0 Å². The topological polar surface area (TPSA) is 12.0 Å². The fraction of sp³-hybridized carbons (Fsp3) is 0.222. The molecule has 1 aromatic rings. The molecule has 0 aromatic heterocycles. The molecule has 1 rings (SSSR count). The average Bonchev–Trinajstić information content (AvgIpc) is 2.10. The lowest BCUT2D eigenvalue weighted by Gasteiger charge is -2.03. The van der Waals surface area contributed by atoms with E-state index in [2.05, 4.69) is 17.5 Å². The summed E-state index contributed by atoms with van der Waals surface area (Å²) in [6.45, 7) is 0.446. The van der Waals surface area contributed by atoms with Gasteiger partial charge in [-0.05, 0) is 18.6 Å². The molecule has 0 aliphatic heterocycles. The van der Waals surface area contributed by atoms with Gasteiger partial charge < -0.3 is 5.32 Å². The number of hydrogen-bond acceptors (Lipinski definition) is 1. The van der Waals surface area contributed by atoms with E-state index in [1.165, 1.54) is 23.7 Å². The van der Waals surface area contributed by atoms with Gasteiger partial charge >= 0.3 is 0 Å².